The fraction of sp³-hybridized carbons (Fsp3) is 0.200. The number of halogens is 1. The molecule has 0 saturated heterocycles. The van der Waals surface area contributed by atoms with E-state index in [9.17, 15) is 0 Å². The molecule has 18 heavy (non-hydrogen) atoms. The summed E-state index contributed by atoms with van der Waals surface area (Å²) in [7, 11) is 1.65. The van der Waals surface area contributed by atoms with Crippen molar-refractivity contribution in [2.75, 3.05) is 7.11 Å². The molecule has 0 amide bonds. The molecule has 0 bridgehead atoms. The molecular formula is C15H15BrO2. The molecule has 2 aromatic rings. The van der Waals surface area contributed by atoms with Crippen LogP contribution in [0.15, 0.2) is 40.9 Å². The van der Waals surface area contributed by atoms with Gasteiger partial charge in [0, 0.05) is 4.47 Å². The third-order valence-electron chi connectivity index (χ3n) is 2.71. The summed E-state index contributed by atoms with van der Waals surface area (Å²) in [6.07, 6.45) is 0. The zero-order chi connectivity index (χ0) is 13.1. The highest BCUT2D eigenvalue weighted by Crippen LogP contribution is 2.30. The van der Waals surface area contributed by atoms with Gasteiger partial charge >= 0.3 is 0 Å². The minimum absolute atomic E-state index is 0.803. The van der Waals surface area contributed by atoms with Gasteiger partial charge < -0.3 is 9.47 Å². The summed E-state index contributed by atoms with van der Waals surface area (Å²) in [5.74, 6) is 2.47. The molecule has 94 valence electrons. The van der Waals surface area contributed by atoms with E-state index in [1.807, 2.05) is 36.4 Å². The van der Waals surface area contributed by atoms with Crippen LogP contribution >= 0.6 is 15.9 Å². The highest BCUT2D eigenvalue weighted by Gasteiger charge is 2.04. The molecule has 3 heteroatoms. The predicted molar refractivity (Wildman–Crippen MR) is 76.7 cm³/mol. The third kappa shape index (κ3) is 2.85. The molecule has 0 N–H and O–H groups in total. The first-order chi connectivity index (χ1) is 8.60. The van der Waals surface area contributed by atoms with E-state index in [0.29, 0.717) is 0 Å². The van der Waals surface area contributed by atoms with E-state index in [1.165, 1.54) is 11.1 Å². The molecule has 0 atom stereocenters. The lowest BCUT2D eigenvalue weighted by Gasteiger charge is -2.10. The van der Waals surface area contributed by atoms with E-state index in [0.717, 1.165) is 21.7 Å². The number of hydrogen-bond acceptors (Lipinski definition) is 2. The van der Waals surface area contributed by atoms with Crippen molar-refractivity contribution in [3.05, 3.63) is 52.0 Å². The lowest BCUT2D eigenvalue weighted by Crippen LogP contribution is -1.89. The molecule has 0 radical (unpaired) electrons. The lowest BCUT2D eigenvalue weighted by atomic mass is 10.1. The summed E-state index contributed by atoms with van der Waals surface area (Å²) in [6.45, 7) is 4.11. The second-order valence-corrected chi connectivity index (χ2v) is 4.94. The highest BCUT2D eigenvalue weighted by atomic mass is 79.9. The smallest absolute Gasteiger partial charge is 0.128 e. The Bertz CT molecular complexity index is 524. The first kappa shape index (κ1) is 13.0. The molecule has 0 aromatic heterocycles. The molecule has 0 aliphatic rings. The van der Waals surface area contributed by atoms with Crippen LogP contribution in [0, 0.1) is 13.8 Å². The zero-order valence-corrected chi connectivity index (χ0v) is 12.2. The van der Waals surface area contributed by atoms with Gasteiger partial charge in [0.05, 0.1) is 7.11 Å². The average molecular weight is 307 g/mol. The molecule has 0 saturated carbocycles. The number of methoxy groups -OCH3 is 1. The van der Waals surface area contributed by atoms with Gasteiger partial charge in [-0.1, -0.05) is 15.9 Å². The van der Waals surface area contributed by atoms with Crippen LogP contribution in [0.2, 0.25) is 0 Å². The minimum Gasteiger partial charge on any atom is -0.497 e. The standard InChI is InChI=1S/C15H15BrO2/c1-10-8-14(9-11(2)15(10)16)18-13-6-4-12(17-3)5-7-13/h4-9H,1-3H3. The minimum atomic E-state index is 0.803. The lowest BCUT2D eigenvalue weighted by molar-refractivity contribution is 0.413. The molecule has 0 aliphatic heterocycles. The number of rotatable bonds is 3. The van der Waals surface area contributed by atoms with E-state index in [1.54, 1.807) is 7.11 Å². The van der Waals surface area contributed by atoms with Crippen LogP contribution in [-0.2, 0) is 0 Å². The fourth-order valence-electron chi connectivity index (χ4n) is 1.74. The second-order valence-electron chi connectivity index (χ2n) is 4.15. The molecule has 0 aliphatic carbocycles. The summed E-state index contributed by atoms with van der Waals surface area (Å²) in [5, 5.41) is 0. The first-order valence-corrected chi connectivity index (χ1v) is 6.48. The summed E-state index contributed by atoms with van der Waals surface area (Å²) in [4.78, 5) is 0. The van der Waals surface area contributed by atoms with Gasteiger partial charge in [-0.3, -0.25) is 0 Å². The largest absolute Gasteiger partial charge is 0.497 e. The van der Waals surface area contributed by atoms with E-state index in [4.69, 9.17) is 9.47 Å². The molecule has 2 nitrogen and oxygen atoms in total. The van der Waals surface area contributed by atoms with Crippen LogP contribution in [0.1, 0.15) is 11.1 Å². The van der Waals surface area contributed by atoms with Gasteiger partial charge in [-0.25, -0.2) is 0 Å². The van der Waals surface area contributed by atoms with Crippen molar-refractivity contribution in [2.24, 2.45) is 0 Å². The monoisotopic (exact) mass is 306 g/mol. The van der Waals surface area contributed by atoms with Crippen LogP contribution in [-0.4, -0.2) is 7.11 Å². The molecule has 0 unspecified atom stereocenters. The molecule has 0 heterocycles. The van der Waals surface area contributed by atoms with Crippen LogP contribution in [0.3, 0.4) is 0 Å². The molecular weight excluding hydrogens is 292 g/mol. The summed E-state index contributed by atoms with van der Waals surface area (Å²) < 4.78 is 12.1. The third-order valence-corrected chi connectivity index (χ3v) is 3.96. The van der Waals surface area contributed by atoms with E-state index >= 15 is 0 Å². The van der Waals surface area contributed by atoms with Crippen molar-refractivity contribution in [1.29, 1.82) is 0 Å². The van der Waals surface area contributed by atoms with Crippen molar-refractivity contribution in [1.82, 2.24) is 0 Å². The van der Waals surface area contributed by atoms with Gasteiger partial charge in [0.1, 0.15) is 17.2 Å². The van der Waals surface area contributed by atoms with E-state index in [-0.39, 0.29) is 0 Å². The van der Waals surface area contributed by atoms with Gasteiger partial charge in [0.15, 0.2) is 0 Å². The summed E-state index contributed by atoms with van der Waals surface area (Å²) in [6, 6.07) is 11.6. The van der Waals surface area contributed by atoms with E-state index in [2.05, 4.69) is 29.8 Å². The number of hydrogen-bond donors (Lipinski definition) is 0. The van der Waals surface area contributed by atoms with Crippen LogP contribution in [0.4, 0.5) is 0 Å². The Balaban J connectivity index is 2.23. The Morgan fingerprint density at radius 3 is 1.83 bits per heavy atom. The van der Waals surface area contributed by atoms with Crippen LogP contribution in [0.5, 0.6) is 17.2 Å². The van der Waals surface area contributed by atoms with Gasteiger partial charge in [0.2, 0.25) is 0 Å². The van der Waals surface area contributed by atoms with Gasteiger partial charge in [-0.2, -0.15) is 0 Å². The van der Waals surface area contributed by atoms with Gasteiger partial charge in [-0.15, -0.1) is 0 Å². The van der Waals surface area contributed by atoms with Crippen molar-refractivity contribution >= 4 is 15.9 Å². The zero-order valence-electron chi connectivity index (χ0n) is 10.7. The Morgan fingerprint density at radius 1 is 0.833 bits per heavy atom. The fourth-order valence-corrected chi connectivity index (χ4v) is 1.97. The van der Waals surface area contributed by atoms with Crippen molar-refractivity contribution in [2.45, 2.75) is 13.8 Å². The maximum absolute atomic E-state index is 5.82. The Morgan fingerprint density at radius 2 is 1.33 bits per heavy atom. The maximum atomic E-state index is 5.82. The second kappa shape index (κ2) is 5.44. The molecule has 0 spiro atoms. The summed E-state index contributed by atoms with van der Waals surface area (Å²) >= 11 is 3.55. The number of ether oxygens (including phenoxy) is 2. The summed E-state index contributed by atoms with van der Waals surface area (Å²) in [5.41, 5.74) is 2.33. The molecule has 0 fully saturated rings. The normalized spacial score (nSPS) is 10.2. The number of benzene rings is 2. The first-order valence-electron chi connectivity index (χ1n) is 5.69. The Labute approximate surface area is 116 Å². The highest BCUT2D eigenvalue weighted by molar-refractivity contribution is 9.10. The van der Waals surface area contributed by atoms with Crippen molar-refractivity contribution in [3.63, 3.8) is 0 Å². The van der Waals surface area contributed by atoms with Crippen LogP contribution < -0.4 is 9.47 Å². The molecule has 2 aromatic carbocycles. The Kier molecular flexibility index (Phi) is 3.92. The van der Waals surface area contributed by atoms with Crippen molar-refractivity contribution in [3.8, 4) is 17.2 Å². The van der Waals surface area contributed by atoms with Gasteiger partial charge in [-0.05, 0) is 61.4 Å². The van der Waals surface area contributed by atoms with Gasteiger partial charge in [0.25, 0.3) is 0 Å². The maximum Gasteiger partial charge on any atom is 0.128 e. The number of aryl methyl sites for hydroxylation is 2. The Hall–Kier alpha value is -1.48. The SMILES string of the molecule is COc1ccc(Oc2cc(C)c(Br)c(C)c2)cc1. The predicted octanol–water partition coefficient (Wildman–Crippen LogP) is 4.87. The average Bonchev–Trinajstić information content (AvgIpc) is 2.37. The molecule has 2 rings (SSSR count). The van der Waals surface area contributed by atoms with E-state index < -0.39 is 0 Å². The van der Waals surface area contributed by atoms with Crippen molar-refractivity contribution < 1.29 is 9.47 Å². The topological polar surface area (TPSA) is 18.5 Å². The van der Waals surface area contributed by atoms with Crippen LogP contribution in [0.25, 0.3) is 0 Å². The quantitative estimate of drug-likeness (QED) is 0.805.